The van der Waals surface area contributed by atoms with Crippen LogP contribution in [0.4, 0.5) is 0 Å². The summed E-state index contributed by atoms with van der Waals surface area (Å²) < 4.78 is 5.07. The van der Waals surface area contributed by atoms with Gasteiger partial charge in [0, 0.05) is 18.7 Å². The van der Waals surface area contributed by atoms with Crippen molar-refractivity contribution in [2.75, 3.05) is 13.2 Å². The van der Waals surface area contributed by atoms with Crippen molar-refractivity contribution in [3.8, 4) is 0 Å². The van der Waals surface area contributed by atoms with E-state index in [4.69, 9.17) is 9.63 Å². The van der Waals surface area contributed by atoms with E-state index in [1.165, 1.54) is 0 Å². The molecule has 0 spiro atoms. The van der Waals surface area contributed by atoms with Crippen molar-refractivity contribution in [1.29, 1.82) is 0 Å². The van der Waals surface area contributed by atoms with Crippen LogP contribution in [0.25, 0.3) is 0 Å². The average molecular weight is 212 g/mol. The van der Waals surface area contributed by atoms with Crippen LogP contribution in [0.3, 0.4) is 0 Å². The number of aromatic nitrogens is 1. The highest BCUT2D eigenvalue weighted by Crippen LogP contribution is 2.11. The Morgan fingerprint density at radius 2 is 2.20 bits per heavy atom. The van der Waals surface area contributed by atoms with Crippen molar-refractivity contribution < 1.29 is 9.63 Å². The van der Waals surface area contributed by atoms with Gasteiger partial charge in [-0.25, -0.2) is 0 Å². The zero-order valence-corrected chi connectivity index (χ0v) is 9.71. The molecule has 1 aromatic rings. The molecular formula is C11H20N2O2. The van der Waals surface area contributed by atoms with Gasteiger partial charge in [-0.05, 0) is 32.7 Å². The van der Waals surface area contributed by atoms with E-state index in [-0.39, 0.29) is 6.61 Å². The van der Waals surface area contributed by atoms with Gasteiger partial charge < -0.3 is 14.9 Å². The number of hydrogen-bond acceptors (Lipinski definition) is 4. The van der Waals surface area contributed by atoms with E-state index >= 15 is 0 Å². The zero-order chi connectivity index (χ0) is 11.3. The second kappa shape index (κ2) is 5.88. The number of nitrogens with zero attached hydrogens (tertiary/aromatic N) is 1. The quantitative estimate of drug-likeness (QED) is 0.748. The lowest BCUT2D eigenvalue weighted by atomic mass is 10.1. The van der Waals surface area contributed by atoms with Gasteiger partial charge in [0.05, 0.1) is 5.69 Å². The summed E-state index contributed by atoms with van der Waals surface area (Å²) in [4.78, 5) is 0. The fourth-order valence-electron chi connectivity index (χ4n) is 1.52. The predicted molar refractivity (Wildman–Crippen MR) is 58.6 cm³/mol. The van der Waals surface area contributed by atoms with Crippen LogP contribution >= 0.6 is 0 Å². The summed E-state index contributed by atoms with van der Waals surface area (Å²) in [7, 11) is 0. The SMILES string of the molecule is Cc1noc(C)c1CNCC(C)CCO. The van der Waals surface area contributed by atoms with Gasteiger partial charge in [0.15, 0.2) is 0 Å². The van der Waals surface area contributed by atoms with E-state index in [0.29, 0.717) is 5.92 Å². The number of aryl methyl sites for hydroxylation is 2. The van der Waals surface area contributed by atoms with Crippen molar-refractivity contribution in [3.05, 3.63) is 17.0 Å². The summed E-state index contributed by atoms with van der Waals surface area (Å²) in [6.07, 6.45) is 0.842. The van der Waals surface area contributed by atoms with Gasteiger partial charge in [0.1, 0.15) is 5.76 Å². The van der Waals surface area contributed by atoms with Gasteiger partial charge in [0.2, 0.25) is 0 Å². The van der Waals surface area contributed by atoms with Crippen LogP contribution in [-0.4, -0.2) is 23.4 Å². The maximum absolute atomic E-state index is 8.76. The Kier molecular flexibility index (Phi) is 4.78. The van der Waals surface area contributed by atoms with Gasteiger partial charge >= 0.3 is 0 Å². The molecule has 2 N–H and O–H groups in total. The monoisotopic (exact) mass is 212 g/mol. The molecule has 0 fully saturated rings. The third-order valence-electron chi connectivity index (χ3n) is 2.60. The maximum Gasteiger partial charge on any atom is 0.138 e. The van der Waals surface area contributed by atoms with Crippen LogP contribution in [0.1, 0.15) is 30.4 Å². The van der Waals surface area contributed by atoms with Crippen LogP contribution in [0.15, 0.2) is 4.52 Å². The normalized spacial score (nSPS) is 13.1. The number of aliphatic hydroxyl groups excluding tert-OH is 1. The van der Waals surface area contributed by atoms with E-state index < -0.39 is 0 Å². The number of hydrogen-bond donors (Lipinski definition) is 2. The summed E-state index contributed by atoms with van der Waals surface area (Å²) in [6.45, 7) is 7.95. The Morgan fingerprint density at radius 3 is 2.73 bits per heavy atom. The van der Waals surface area contributed by atoms with E-state index in [2.05, 4.69) is 17.4 Å². The van der Waals surface area contributed by atoms with Crippen molar-refractivity contribution >= 4 is 0 Å². The van der Waals surface area contributed by atoms with Gasteiger partial charge in [0.25, 0.3) is 0 Å². The van der Waals surface area contributed by atoms with Gasteiger partial charge in [-0.1, -0.05) is 12.1 Å². The molecule has 0 aliphatic heterocycles. The molecule has 1 unspecified atom stereocenters. The topological polar surface area (TPSA) is 58.3 Å². The lowest BCUT2D eigenvalue weighted by Crippen LogP contribution is -2.21. The predicted octanol–water partition coefficient (Wildman–Crippen LogP) is 1.40. The first-order chi connectivity index (χ1) is 7.15. The molecule has 4 nitrogen and oxygen atoms in total. The minimum absolute atomic E-state index is 0.258. The highest BCUT2D eigenvalue weighted by molar-refractivity contribution is 5.20. The van der Waals surface area contributed by atoms with Crippen molar-refractivity contribution in [3.63, 3.8) is 0 Å². The van der Waals surface area contributed by atoms with Crippen LogP contribution in [0, 0.1) is 19.8 Å². The highest BCUT2D eigenvalue weighted by Gasteiger charge is 2.08. The number of rotatable bonds is 6. The first kappa shape index (κ1) is 12.2. The maximum atomic E-state index is 8.76. The molecular weight excluding hydrogens is 192 g/mol. The molecule has 0 aliphatic carbocycles. The van der Waals surface area contributed by atoms with Crippen molar-refractivity contribution in [2.24, 2.45) is 5.92 Å². The first-order valence-corrected chi connectivity index (χ1v) is 5.38. The molecule has 1 atom stereocenters. The Bertz CT molecular complexity index is 277. The Hall–Kier alpha value is -0.870. The Balaban J connectivity index is 2.31. The summed E-state index contributed by atoms with van der Waals surface area (Å²) in [5.74, 6) is 1.38. The molecule has 1 aromatic heterocycles. The molecule has 4 heteroatoms. The standard InChI is InChI=1S/C11H20N2O2/c1-8(4-5-14)6-12-7-11-9(2)13-15-10(11)3/h8,12,14H,4-7H2,1-3H3. The lowest BCUT2D eigenvalue weighted by molar-refractivity contribution is 0.260. The molecule has 0 aliphatic rings. The minimum atomic E-state index is 0.258. The largest absolute Gasteiger partial charge is 0.396 e. The van der Waals surface area contributed by atoms with Crippen LogP contribution in [-0.2, 0) is 6.54 Å². The molecule has 0 bridgehead atoms. The minimum Gasteiger partial charge on any atom is -0.396 e. The van der Waals surface area contributed by atoms with Gasteiger partial charge in [-0.2, -0.15) is 0 Å². The molecule has 0 aromatic carbocycles. The van der Waals surface area contributed by atoms with E-state index in [1.54, 1.807) is 0 Å². The van der Waals surface area contributed by atoms with E-state index in [9.17, 15) is 0 Å². The molecule has 0 amide bonds. The molecule has 0 saturated carbocycles. The Morgan fingerprint density at radius 1 is 1.47 bits per heavy atom. The Labute approximate surface area is 90.7 Å². The van der Waals surface area contributed by atoms with Crippen LogP contribution in [0.5, 0.6) is 0 Å². The summed E-state index contributed by atoms with van der Waals surface area (Å²) in [5.41, 5.74) is 2.10. The molecule has 1 rings (SSSR count). The fraction of sp³-hybridized carbons (Fsp3) is 0.727. The van der Waals surface area contributed by atoms with Crippen LogP contribution in [0.2, 0.25) is 0 Å². The van der Waals surface area contributed by atoms with Crippen molar-refractivity contribution in [1.82, 2.24) is 10.5 Å². The molecule has 0 radical (unpaired) electrons. The number of nitrogens with one attached hydrogen (secondary N) is 1. The second-order valence-corrected chi connectivity index (χ2v) is 4.05. The third kappa shape index (κ3) is 3.64. The zero-order valence-electron chi connectivity index (χ0n) is 9.71. The van der Waals surface area contributed by atoms with Gasteiger partial charge in [-0.3, -0.25) is 0 Å². The van der Waals surface area contributed by atoms with Gasteiger partial charge in [-0.15, -0.1) is 0 Å². The summed E-state index contributed by atoms with van der Waals surface area (Å²) in [5, 5.41) is 16.0. The molecule has 1 heterocycles. The third-order valence-corrected chi connectivity index (χ3v) is 2.60. The summed E-state index contributed by atoms with van der Waals surface area (Å²) in [6, 6.07) is 0. The van der Waals surface area contributed by atoms with E-state index in [1.807, 2.05) is 13.8 Å². The number of aliphatic hydroxyl groups is 1. The van der Waals surface area contributed by atoms with Crippen molar-refractivity contribution in [2.45, 2.75) is 33.7 Å². The molecule has 0 saturated heterocycles. The molecule has 86 valence electrons. The molecule has 15 heavy (non-hydrogen) atoms. The lowest BCUT2D eigenvalue weighted by Gasteiger charge is -2.10. The smallest absolute Gasteiger partial charge is 0.138 e. The second-order valence-electron chi connectivity index (χ2n) is 4.05. The van der Waals surface area contributed by atoms with E-state index in [0.717, 1.165) is 36.5 Å². The van der Waals surface area contributed by atoms with Crippen LogP contribution < -0.4 is 5.32 Å². The highest BCUT2D eigenvalue weighted by atomic mass is 16.5. The average Bonchev–Trinajstić information content (AvgIpc) is 2.49. The first-order valence-electron chi connectivity index (χ1n) is 5.38. The summed E-state index contributed by atoms with van der Waals surface area (Å²) >= 11 is 0. The fourth-order valence-corrected chi connectivity index (χ4v) is 1.52.